The van der Waals surface area contributed by atoms with Crippen molar-refractivity contribution in [3.05, 3.63) is 23.7 Å². The lowest BCUT2D eigenvalue weighted by atomic mass is 9.91. The van der Waals surface area contributed by atoms with E-state index in [-0.39, 0.29) is 12.6 Å². The Kier molecular flexibility index (Phi) is 5.43. The van der Waals surface area contributed by atoms with Gasteiger partial charge in [-0.1, -0.05) is 13.3 Å². The lowest BCUT2D eigenvalue weighted by molar-refractivity contribution is 0.197. The summed E-state index contributed by atoms with van der Waals surface area (Å²) in [5.41, 5.74) is 0. The molecular weight excluding hydrogens is 292 g/mol. The summed E-state index contributed by atoms with van der Waals surface area (Å²) in [5, 5.41) is 12.4. The molecule has 2 atom stereocenters. The second-order valence-electron chi connectivity index (χ2n) is 5.59. The Morgan fingerprint density at radius 2 is 2.14 bits per heavy atom. The van der Waals surface area contributed by atoms with Crippen molar-refractivity contribution in [3.63, 3.8) is 0 Å². The molecule has 0 amide bonds. The first-order valence-corrected chi connectivity index (χ1v) is 9.15. The summed E-state index contributed by atoms with van der Waals surface area (Å²) in [7, 11) is -3.10. The fourth-order valence-corrected chi connectivity index (χ4v) is 3.72. The summed E-state index contributed by atoms with van der Waals surface area (Å²) in [6.07, 6.45) is 3.01. The Bertz CT molecular complexity index is 555. The van der Waals surface area contributed by atoms with Crippen molar-refractivity contribution < 1.29 is 17.9 Å². The third-order valence-electron chi connectivity index (χ3n) is 4.10. The molecule has 2 heterocycles. The molecule has 0 saturated carbocycles. The van der Waals surface area contributed by atoms with Crippen LogP contribution in [0.5, 0.6) is 0 Å². The van der Waals surface area contributed by atoms with Crippen LogP contribution in [-0.2, 0) is 23.2 Å². The van der Waals surface area contributed by atoms with Gasteiger partial charge in [0, 0.05) is 19.1 Å². The van der Waals surface area contributed by atoms with E-state index in [1.54, 1.807) is 10.4 Å². The van der Waals surface area contributed by atoms with E-state index >= 15 is 0 Å². The van der Waals surface area contributed by atoms with Gasteiger partial charge in [0.15, 0.2) is 0 Å². The second kappa shape index (κ2) is 6.91. The molecule has 7 heteroatoms. The third-order valence-corrected chi connectivity index (χ3v) is 5.37. The first-order valence-electron chi connectivity index (χ1n) is 7.31. The summed E-state index contributed by atoms with van der Waals surface area (Å²) in [6, 6.07) is 3.90. The second-order valence-corrected chi connectivity index (χ2v) is 7.57. The fourth-order valence-electron chi connectivity index (χ4n) is 2.82. The maximum absolute atomic E-state index is 11.6. The van der Waals surface area contributed by atoms with E-state index < -0.39 is 10.0 Å². The highest BCUT2D eigenvalue weighted by atomic mass is 32.2. The number of aliphatic hydroxyl groups excluding tert-OH is 1. The predicted octanol–water partition coefficient (Wildman–Crippen LogP) is 0.922. The molecule has 0 radical (unpaired) electrons. The maximum Gasteiger partial charge on any atom is 0.211 e. The highest BCUT2D eigenvalue weighted by Crippen LogP contribution is 2.22. The van der Waals surface area contributed by atoms with Crippen LogP contribution in [-0.4, -0.2) is 43.2 Å². The Balaban J connectivity index is 1.91. The minimum atomic E-state index is -3.10. The summed E-state index contributed by atoms with van der Waals surface area (Å²) in [4.78, 5) is 0. The summed E-state index contributed by atoms with van der Waals surface area (Å²) in [6.45, 7) is 3.73. The molecule has 1 saturated heterocycles. The van der Waals surface area contributed by atoms with Crippen molar-refractivity contribution in [2.45, 2.75) is 39.0 Å². The molecule has 0 aliphatic carbocycles. The normalized spacial score (nSPS) is 24.3. The van der Waals surface area contributed by atoms with Crippen molar-refractivity contribution in [2.75, 3.05) is 19.3 Å². The van der Waals surface area contributed by atoms with Crippen molar-refractivity contribution in [2.24, 2.45) is 5.92 Å². The van der Waals surface area contributed by atoms with Gasteiger partial charge in [-0.2, -0.15) is 0 Å². The molecule has 6 nitrogen and oxygen atoms in total. The predicted molar refractivity (Wildman–Crippen MR) is 80.1 cm³/mol. The van der Waals surface area contributed by atoms with Crippen LogP contribution in [0.3, 0.4) is 0 Å². The molecule has 0 spiro atoms. The van der Waals surface area contributed by atoms with Gasteiger partial charge in [-0.3, -0.25) is 0 Å². The standard InChI is InChI=1S/C14H24N2O4S/c1-3-11-9-16(21(2,18)19)7-6-14(11)15-8-12-4-5-13(10-17)20-12/h4-5,11,14-15,17H,3,6-10H2,1-2H3/t11-,14+/m0/s1. The molecule has 0 bridgehead atoms. The zero-order valence-electron chi connectivity index (χ0n) is 12.6. The number of rotatable bonds is 6. The molecule has 1 fully saturated rings. The number of furan rings is 1. The van der Waals surface area contributed by atoms with Gasteiger partial charge in [0.2, 0.25) is 10.0 Å². The van der Waals surface area contributed by atoms with Gasteiger partial charge in [-0.15, -0.1) is 0 Å². The van der Waals surface area contributed by atoms with E-state index in [0.29, 0.717) is 31.3 Å². The number of hydrogen-bond acceptors (Lipinski definition) is 5. The smallest absolute Gasteiger partial charge is 0.211 e. The zero-order chi connectivity index (χ0) is 15.5. The Morgan fingerprint density at radius 1 is 1.43 bits per heavy atom. The quantitative estimate of drug-likeness (QED) is 0.815. The topological polar surface area (TPSA) is 82.8 Å². The van der Waals surface area contributed by atoms with E-state index in [9.17, 15) is 8.42 Å². The molecule has 2 N–H and O–H groups in total. The first kappa shape index (κ1) is 16.5. The third kappa shape index (κ3) is 4.29. The largest absolute Gasteiger partial charge is 0.462 e. The SMILES string of the molecule is CC[C@H]1CN(S(C)(=O)=O)CC[C@H]1NCc1ccc(CO)o1. The van der Waals surface area contributed by atoms with Crippen LogP contribution in [0, 0.1) is 5.92 Å². The highest BCUT2D eigenvalue weighted by molar-refractivity contribution is 7.88. The van der Waals surface area contributed by atoms with Crippen LogP contribution in [0.1, 0.15) is 31.3 Å². The van der Waals surface area contributed by atoms with Crippen LogP contribution in [0.15, 0.2) is 16.5 Å². The molecule has 0 aromatic carbocycles. The summed E-state index contributed by atoms with van der Waals surface area (Å²) >= 11 is 0. The van der Waals surface area contributed by atoms with Gasteiger partial charge >= 0.3 is 0 Å². The van der Waals surface area contributed by atoms with Crippen molar-refractivity contribution in [1.29, 1.82) is 0 Å². The lowest BCUT2D eigenvalue weighted by Crippen LogP contribution is -2.50. The number of aliphatic hydroxyl groups is 1. The number of piperidine rings is 1. The van der Waals surface area contributed by atoms with E-state index in [4.69, 9.17) is 9.52 Å². The lowest BCUT2D eigenvalue weighted by Gasteiger charge is -2.37. The molecule has 120 valence electrons. The monoisotopic (exact) mass is 316 g/mol. The molecule has 0 unspecified atom stereocenters. The molecular formula is C14H24N2O4S. The fraction of sp³-hybridized carbons (Fsp3) is 0.714. The number of nitrogens with one attached hydrogen (secondary N) is 1. The van der Waals surface area contributed by atoms with Crippen molar-refractivity contribution in [1.82, 2.24) is 9.62 Å². The Hall–Kier alpha value is -0.890. The maximum atomic E-state index is 11.6. The van der Waals surface area contributed by atoms with Crippen LogP contribution >= 0.6 is 0 Å². The van der Waals surface area contributed by atoms with Crippen LogP contribution in [0.2, 0.25) is 0 Å². The molecule has 1 aromatic heterocycles. The van der Waals surface area contributed by atoms with E-state index in [0.717, 1.165) is 18.6 Å². The van der Waals surface area contributed by atoms with E-state index in [2.05, 4.69) is 12.2 Å². The minimum absolute atomic E-state index is 0.0929. The minimum Gasteiger partial charge on any atom is -0.462 e. The molecule has 21 heavy (non-hydrogen) atoms. The van der Waals surface area contributed by atoms with Gasteiger partial charge in [-0.05, 0) is 24.5 Å². The summed E-state index contributed by atoms with van der Waals surface area (Å²) < 4.78 is 30.3. The van der Waals surface area contributed by atoms with Crippen molar-refractivity contribution in [3.8, 4) is 0 Å². The Labute approximate surface area is 126 Å². The average molecular weight is 316 g/mol. The van der Waals surface area contributed by atoms with Gasteiger partial charge in [0.05, 0.1) is 12.8 Å². The molecule has 1 aliphatic rings. The summed E-state index contributed by atoms with van der Waals surface area (Å²) in [5.74, 6) is 1.66. The number of sulfonamides is 1. The van der Waals surface area contributed by atoms with E-state index in [1.165, 1.54) is 6.26 Å². The molecule has 1 aliphatic heterocycles. The zero-order valence-corrected chi connectivity index (χ0v) is 13.4. The van der Waals surface area contributed by atoms with Crippen LogP contribution < -0.4 is 5.32 Å². The van der Waals surface area contributed by atoms with Gasteiger partial charge in [0.25, 0.3) is 0 Å². The first-order chi connectivity index (χ1) is 9.94. The molecule has 2 rings (SSSR count). The number of hydrogen-bond donors (Lipinski definition) is 2. The highest BCUT2D eigenvalue weighted by Gasteiger charge is 2.31. The van der Waals surface area contributed by atoms with Gasteiger partial charge in [0.1, 0.15) is 18.1 Å². The van der Waals surface area contributed by atoms with Crippen molar-refractivity contribution >= 4 is 10.0 Å². The van der Waals surface area contributed by atoms with E-state index in [1.807, 2.05) is 6.07 Å². The van der Waals surface area contributed by atoms with Crippen LogP contribution in [0.25, 0.3) is 0 Å². The number of nitrogens with zero attached hydrogens (tertiary/aromatic N) is 1. The van der Waals surface area contributed by atoms with Gasteiger partial charge < -0.3 is 14.8 Å². The molecule has 1 aromatic rings. The van der Waals surface area contributed by atoms with Gasteiger partial charge in [-0.25, -0.2) is 12.7 Å². The van der Waals surface area contributed by atoms with Crippen LogP contribution in [0.4, 0.5) is 0 Å². The Morgan fingerprint density at radius 3 is 2.71 bits per heavy atom. The average Bonchev–Trinajstić information content (AvgIpc) is 2.92.